The SMILES string of the molecule is COc1ccc2c(c1)c1c(n2CO)CN2CCc3cc(OCc4ccc(N)cc4)c(OC)cc3C2C1. The zero-order valence-electron chi connectivity index (χ0n) is 20.7. The number of benzene rings is 3. The molecule has 3 N–H and O–H groups in total. The predicted octanol–water partition coefficient (Wildman–Crippen LogP) is 4.43. The van der Waals surface area contributed by atoms with E-state index in [2.05, 4.69) is 23.1 Å². The van der Waals surface area contributed by atoms with Gasteiger partial charge in [-0.3, -0.25) is 4.90 Å². The van der Waals surface area contributed by atoms with Crippen molar-refractivity contribution in [2.75, 3.05) is 26.5 Å². The number of nitrogens with zero attached hydrogens (tertiary/aromatic N) is 2. The van der Waals surface area contributed by atoms with E-state index in [0.717, 1.165) is 65.3 Å². The summed E-state index contributed by atoms with van der Waals surface area (Å²) in [6.07, 6.45) is 1.81. The monoisotopic (exact) mass is 485 g/mol. The van der Waals surface area contributed by atoms with Crippen molar-refractivity contribution in [2.24, 2.45) is 0 Å². The summed E-state index contributed by atoms with van der Waals surface area (Å²) < 4.78 is 19.5. The molecule has 186 valence electrons. The first-order valence-electron chi connectivity index (χ1n) is 12.3. The maximum Gasteiger partial charge on any atom is 0.161 e. The molecule has 0 radical (unpaired) electrons. The van der Waals surface area contributed by atoms with Crippen molar-refractivity contribution in [2.45, 2.75) is 38.8 Å². The number of aliphatic hydroxyl groups excluding tert-OH is 1. The van der Waals surface area contributed by atoms with Gasteiger partial charge in [0.15, 0.2) is 11.5 Å². The second-order valence-corrected chi connectivity index (χ2v) is 9.55. The van der Waals surface area contributed by atoms with E-state index >= 15 is 0 Å². The lowest BCUT2D eigenvalue weighted by Gasteiger charge is -2.41. The standard InChI is InChI=1S/C29H31N3O4/c1-34-21-7-8-25-23(12-21)24-13-26-22-14-28(35-2)29(36-16-18-3-5-20(30)6-4-18)11-19(22)9-10-31(26)15-27(24)32(25)17-33/h3-8,11-12,14,26,33H,9-10,13,15-17,30H2,1-2H3. The second-order valence-electron chi connectivity index (χ2n) is 9.55. The molecule has 2 aliphatic rings. The van der Waals surface area contributed by atoms with Crippen LogP contribution in [0.5, 0.6) is 17.2 Å². The van der Waals surface area contributed by atoms with E-state index in [0.29, 0.717) is 6.61 Å². The van der Waals surface area contributed by atoms with E-state index < -0.39 is 0 Å². The molecule has 3 heterocycles. The second kappa shape index (κ2) is 9.08. The number of anilines is 1. The van der Waals surface area contributed by atoms with Crippen molar-refractivity contribution in [3.05, 3.63) is 82.5 Å². The number of ether oxygens (including phenoxy) is 3. The van der Waals surface area contributed by atoms with Crippen LogP contribution in [0.2, 0.25) is 0 Å². The smallest absolute Gasteiger partial charge is 0.161 e. The Morgan fingerprint density at radius 1 is 1.00 bits per heavy atom. The van der Waals surface area contributed by atoms with Crippen LogP contribution in [0.1, 0.15) is 34.0 Å². The Labute approximate surface area is 210 Å². The maximum absolute atomic E-state index is 10.2. The first-order valence-corrected chi connectivity index (χ1v) is 12.3. The van der Waals surface area contributed by atoms with E-state index in [9.17, 15) is 5.11 Å². The maximum atomic E-state index is 10.2. The zero-order valence-corrected chi connectivity index (χ0v) is 20.7. The van der Waals surface area contributed by atoms with E-state index in [1.807, 2.05) is 41.0 Å². The number of nitrogens with two attached hydrogens (primary N) is 1. The number of methoxy groups -OCH3 is 2. The zero-order chi connectivity index (χ0) is 24.8. The molecule has 0 fully saturated rings. The fourth-order valence-electron chi connectivity index (χ4n) is 5.78. The number of nitrogen functional groups attached to an aromatic ring is 1. The number of aromatic nitrogens is 1. The fourth-order valence-corrected chi connectivity index (χ4v) is 5.78. The number of fused-ring (bicyclic) bond motifs is 6. The van der Waals surface area contributed by atoms with Crippen LogP contribution in [0.4, 0.5) is 5.69 Å². The van der Waals surface area contributed by atoms with Crippen LogP contribution in [-0.2, 0) is 32.7 Å². The summed E-state index contributed by atoms with van der Waals surface area (Å²) in [5, 5.41) is 11.3. The number of aliphatic hydroxyl groups is 1. The molecule has 7 nitrogen and oxygen atoms in total. The molecule has 1 aromatic heterocycles. The first kappa shape index (κ1) is 22.8. The van der Waals surface area contributed by atoms with Crippen LogP contribution < -0.4 is 19.9 Å². The van der Waals surface area contributed by atoms with E-state index in [-0.39, 0.29) is 12.8 Å². The van der Waals surface area contributed by atoms with Gasteiger partial charge in [0.1, 0.15) is 19.1 Å². The van der Waals surface area contributed by atoms with Gasteiger partial charge in [-0.15, -0.1) is 0 Å². The third-order valence-corrected chi connectivity index (χ3v) is 7.65. The van der Waals surface area contributed by atoms with Gasteiger partial charge in [0.2, 0.25) is 0 Å². The third-order valence-electron chi connectivity index (χ3n) is 7.65. The minimum absolute atomic E-state index is 0.0320. The molecule has 0 amide bonds. The van der Waals surface area contributed by atoms with Crippen molar-refractivity contribution in [3.63, 3.8) is 0 Å². The highest BCUT2D eigenvalue weighted by atomic mass is 16.5. The highest BCUT2D eigenvalue weighted by molar-refractivity contribution is 5.87. The summed E-state index contributed by atoms with van der Waals surface area (Å²) in [6.45, 7) is 2.18. The lowest BCUT2D eigenvalue weighted by atomic mass is 9.85. The van der Waals surface area contributed by atoms with Gasteiger partial charge in [-0.05, 0) is 77.6 Å². The molecule has 0 saturated carbocycles. The molecule has 36 heavy (non-hydrogen) atoms. The Kier molecular flexibility index (Phi) is 5.74. The fraction of sp³-hybridized carbons (Fsp3) is 0.310. The Hall–Kier alpha value is -3.68. The molecule has 7 heteroatoms. The van der Waals surface area contributed by atoms with Gasteiger partial charge in [0.25, 0.3) is 0 Å². The van der Waals surface area contributed by atoms with Crippen molar-refractivity contribution >= 4 is 16.6 Å². The topological polar surface area (TPSA) is 82.1 Å². The van der Waals surface area contributed by atoms with Crippen molar-refractivity contribution in [3.8, 4) is 17.2 Å². The molecule has 0 spiro atoms. The minimum Gasteiger partial charge on any atom is -0.497 e. The molecule has 1 atom stereocenters. The van der Waals surface area contributed by atoms with Gasteiger partial charge in [-0.25, -0.2) is 0 Å². The number of hydrogen-bond donors (Lipinski definition) is 2. The highest BCUT2D eigenvalue weighted by Crippen LogP contribution is 2.45. The summed E-state index contributed by atoms with van der Waals surface area (Å²) in [5.74, 6) is 2.34. The molecule has 3 aromatic carbocycles. The van der Waals surface area contributed by atoms with Gasteiger partial charge in [-0.1, -0.05) is 12.1 Å². The lowest BCUT2D eigenvalue weighted by molar-refractivity contribution is 0.145. The Bertz CT molecular complexity index is 1430. The van der Waals surface area contributed by atoms with Gasteiger partial charge < -0.3 is 29.6 Å². The lowest BCUT2D eigenvalue weighted by Crippen LogP contribution is -2.39. The molecule has 1 unspecified atom stereocenters. The van der Waals surface area contributed by atoms with Gasteiger partial charge in [0, 0.05) is 35.9 Å². The Morgan fingerprint density at radius 2 is 1.83 bits per heavy atom. The van der Waals surface area contributed by atoms with E-state index in [1.54, 1.807) is 14.2 Å². The third kappa shape index (κ3) is 3.75. The predicted molar refractivity (Wildman–Crippen MR) is 139 cm³/mol. The van der Waals surface area contributed by atoms with Gasteiger partial charge in [0.05, 0.1) is 19.7 Å². The number of rotatable bonds is 6. The summed E-state index contributed by atoms with van der Waals surface area (Å²) in [5.41, 5.74) is 13.7. The number of hydrogen-bond acceptors (Lipinski definition) is 6. The molecule has 0 saturated heterocycles. The molecular weight excluding hydrogens is 454 g/mol. The van der Waals surface area contributed by atoms with E-state index in [4.69, 9.17) is 19.9 Å². The van der Waals surface area contributed by atoms with Crippen molar-refractivity contribution in [1.82, 2.24) is 9.47 Å². The molecule has 6 rings (SSSR count). The molecule has 2 aliphatic heterocycles. The highest BCUT2D eigenvalue weighted by Gasteiger charge is 2.36. The normalized spacial score (nSPS) is 16.8. The van der Waals surface area contributed by atoms with Crippen LogP contribution in [0, 0.1) is 0 Å². The van der Waals surface area contributed by atoms with Crippen LogP contribution in [0.15, 0.2) is 54.6 Å². The summed E-state index contributed by atoms with van der Waals surface area (Å²) >= 11 is 0. The van der Waals surface area contributed by atoms with Crippen LogP contribution >= 0.6 is 0 Å². The van der Waals surface area contributed by atoms with Crippen LogP contribution in [0.3, 0.4) is 0 Å². The Balaban J connectivity index is 1.35. The van der Waals surface area contributed by atoms with Crippen molar-refractivity contribution in [1.29, 1.82) is 0 Å². The quantitative estimate of drug-likeness (QED) is 0.394. The molecule has 0 bridgehead atoms. The summed E-state index contributed by atoms with van der Waals surface area (Å²) in [4.78, 5) is 2.52. The van der Waals surface area contributed by atoms with Crippen LogP contribution in [-0.4, -0.2) is 35.3 Å². The molecule has 4 aromatic rings. The minimum atomic E-state index is -0.0320. The van der Waals surface area contributed by atoms with Gasteiger partial charge >= 0.3 is 0 Å². The average Bonchev–Trinajstić information content (AvgIpc) is 3.22. The van der Waals surface area contributed by atoms with Gasteiger partial charge in [-0.2, -0.15) is 0 Å². The van der Waals surface area contributed by atoms with Crippen molar-refractivity contribution < 1.29 is 19.3 Å². The molecule has 0 aliphatic carbocycles. The molecular formula is C29H31N3O4. The first-order chi connectivity index (χ1) is 17.6. The largest absolute Gasteiger partial charge is 0.497 e. The summed E-state index contributed by atoms with van der Waals surface area (Å²) in [7, 11) is 3.38. The van der Waals surface area contributed by atoms with Crippen LogP contribution in [0.25, 0.3) is 10.9 Å². The van der Waals surface area contributed by atoms with E-state index in [1.165, 1.54) is 22.4 Å². The average molecular weight is 486 g/mol. The Morgan fingerprint density at radius 3 is 2.58 bits per heavy atom. The summed E-state index contributed by atoms with van der Waals surface area (Å²) in [6, 6.07) is 18.4.